The van der Waals surface area contributed by atoms with E-state index in [1.807, 2.05) is 24.3 Å². The molecule has 23 heavy (non-hydrogen) atoms. The predicted octanol–water partition coefficient (Wildman–Crippen LogP) is 6.24. The first-order valence-corrected chi connectivity index (χ1v) is 8.83. The summed E-state index contributed by atoms with van der Waals surface area (Å²) in [7, 11) is 0. The number of hydrogen-bond acceptors (Lipinski definition) is 2. The summed E-state index contributed by atoms with van der Waals surface area (Å²) in [5, 5.41) is 6.68. The van der Waals surface area contributed by atoms with E-state index >= 15 is 0 Å². The topological polar surface area (TPSA) is 17.8 Å². The Labute approximate surface area is 146 Å². The third-order valence-electron chi connectivity index (χ3n) is 3.60. The highest BCUT2D eigenvalue weighted by Gasteiger charge is 2.19. The lowest BCUT2D eigenvalue weighted by molar-refractivity contribution is 0.491. The number of rotatable bonds is 4. The smallest absolute Gasteiger partial charge is 0.107 e. The van der Waals surface area contributed by atoms with Gasteiger partial charge < -0.3 is 0 Å². The summed E-state index contributed by atoms with van der Waals surface area (Å²) in [5.74, 6) is 0. The fourth-order valence-electron chi connectivity index (χ4n) is 2.55. The van der Waals surface area contributed by atoms with E-state index in [9.17, 15) is 0 Å². The highest BCUT2D eigenvalue weighted by molar-refractivity contribution is 7.99. The summed E-state index contributed by atoms with van der Waals surface area (Å²) >= 11 is 7.85. The normalized spacial score (nSPS) is 11.2. The Balaban J connectivity index is 2.13. The molecule has 2 nitrogen and oxygen atoms in total. The van der Waals surface area contributed by atoms with Gasteiger partial charge in [-0.1, -0.05) is 59.8 Å². The maximum absolute atomic E-state index is 6.14. The van der Waals surface area contributed by atoms with E-state index in [2.05, 4.69) is 55.8 Å². The zero-order valence-electron chi connectivity index (χ0n) is 13.5. The fourth-order valence-corrected chi connectivity index (χ4v) is 4.08. The number of benzene rings is 2. The van der Waals surface area contributed by atoms with Gasteiger partial charge in [0.2, 0.25) is 0 Å². The van der Waals surface area contributed by atoms with Gasteiger partial charge in [0.05, 0.1) is 5.69 Å². The molecular weight excluding hydrogens is 324 g/mol. The number of halogens is 1. The van der Waals surface area contributed by atoms with E-state index in [0.717, 1.165) is 20.6 Å². The summed E-state index contributed by atoms with van der Waals surface area (Å²) in [5.41, 5.74) is 3.44. The van der Waals surface area contributed by atoms with Crippen LogP contribution in [0.2, 0.25) is 5.02 Å². The number of nitrogens with zero attached hydrogens (tertiary/aromatic N) is 2. The second-order valence-electron chi connectivity index (χ2n) is 5.73. The summed E-state index contributed by atoms with van der Waals surface area (Å²) in [4.78, 5) is 1.12. The van der Waals surface area contributed by atoms with E-state index in [4.69, 9.17) is 16.7 Å². The van der Waals surface area contributed by atoms with Crippen molar-refractivity contribution in [3.63, 3.8) is 0 Å². The van der Waals surface area contributed by atoms with Crippen LogP contribution in [-0.4, -0.2) is 9.78 Å². The monoisotopic (exact) mass is 342 g/mol. The Morgan fingerprint density at radius 3 is 2.43 bits per heavy atom. The highest BCUT2D eigenvalue weighted by Crippen LogP contribution is 2.39. The van der Waals surface area contributed by atoms with Gasteiger partial charge in [0, 0.05) is 21.5 Å². The standard InChI is InChI=1S/C19H19ClN2S/c1-13(2)22-19(23-17-11-7-10-16(20)12-17)18(14(3)21-22)15-8-5-4-6-9-15/h4-13H,1-3H3. The van der Waals surface area contributed by atoms with Crippen LogP contribution >= 0.6 is 23.4 Å². The molecule has 0 unspecified atom stereocenters. The summed E-state index contributed by atoms with van der Waals surface area (Å²) in [6.45, 7) is 6.38. The van der Waals surface area contributed by atoms with Gasteiger partial charge in [0.15, 0.2) is 0 Å². The molecule has 4 heteroatoms. The highest BCUT2D eigenvalue weighted by atomic mass is 35.5. The molecule has 0 saturated heterocycles. The summed E-state index contributed by atoms with van der Waals surface area (Å²) < 4.78 is 2.10. The molecule has 0 fully saturated rings. The van der Waals surface area contributed by atoms with Crippen molar-refractivity contribution in [2.45, 2.75) is 36.7 Å². The van der Waals surface area contributed by atoms with Gasteiger partial charge in [-0.2, -0.15) is 5.10 Å². The van der Waals surface area contributed by atoms with E-state index in [-0.39, 0.29) is 0 Å². The van der Waals surface area contributed by atoms with Crippen molar-refractivity contribution in [2.75, 3.05) is 0 Å². The lowest BCUT2D eigenvalue weighted by Crippen LogP contribution is -2.04. The molecule has 2 aromatic carbocycles. The van der Waals surface area contributed by atoms with Crippen molar-refractivity contribution in [1.82, 2.24) is 9.78 Å². The van der Waals surface area contributed by atoms with Gasteiger partial charge in [-0.15, -0.1) is 0 Å². The molecule has 0 bridgehead atoms. The average molecular weight is 343 g/mol. The largest absolute Gasteiger partial charge is 0.255 e. The first kappa shape index (κ1) is 16.2. The zero-order valence-corrected chi connectivity index (χ0v) is 15.0. The fraction of sp³-hybridized carbons (Fsp3) is 0.211. The minimum Gasteiger partial charge on any atom is -0.255 e. The minimum absolute atomic E-state index is 0.299. The van der Waals surface area contributed by atoms with Crippen LogP contribution in [0.5, 0.6) is 0 Å². The number of aromatic nitrogens is 2. The lowest BCUT2D eigenvalue weighted by Gasteiger charge is -2.12. The van der Waals surface area contributed by atoms with E-state index < -0.39 is 0 Å². The first-order valence-electron chi connectivity index (χ1n) is 7.64. The molecule has 0 amide bonds. The summed E-state index contributed by atoms with van der Waals surface area (Å²) in [6.07, 6.45) is 0. The van der Waals surface area contributed by atoms with E-state index in [1.54, 1.807) is 11.8 Å². The van der Waals surface area contributed by atoms with Crippen molar-refractivity contribution in [3.8, 4) is 11.1 Å². The molecule has 1 aromatic heterocycles. The third-order valence-corrected chi connectivity index (χ3v) is 4.91. The Morgan fingerprint density at radius 1 is 1.04 bits per heavy atom. The molecule has 0 aliphatic rings. The van der Waals surface area contributed by atoms with Gasteiger partial charge in [-0.05, 0) is 44.5 Å². The molecule has 0 aliphatic heterocycles. The summed E-state index contributed by atoms with van der Waals surface area (Å²) in [6, 6.07) is 18.7. The number of aryl methyl sites for hydroxylation is 1. The van der Waals surface area contributed by atoms with Crippen LogP contribution < -0.4 is 0 Å². The zero-order chi connectivity index (χ0) is 16.4. The molecule has 1 heterocycles. The van der Waals surface area contributed by atoms with E-state index in [1.165, 1.54) is 11.1 Å². The molecule has 0 saturated carbocycles. The molecule has 3 aromatic rings. The Morgan fingerprint density at radius 2 is 1.78 bits per heavy atom. The Kier molecular flexibility index (Phi) is 4.79. The van der Waals surface area contributed by atoms with Crippen LogP contribution in [0.15, 0.2) is 64.5 Å². The maximum Gasteiger partial charge on any atom is 0.107 e. The van der Waals surface area contributed by atoms with Crippen molar-refractivity contribution >= 4 is 23.4 Å². The van der Waals surface area contributed by atoms with Crippen LogP contribution in [0.4, 0.5) is 0 Å². The van der Waals surface area contributed by atoms with Crippen LogP contribution in [0, 0.1) is 6.92 Å². The van der Waals surface area contributed by atoms with Gasteiger partial charge in [-0.25, -0.2) is 0 Å². The van der Waals surface area contributed by atoms with Crippen LogP contribution in [0.25, 0.3) is 11.1 Å². The third kappa shape index (κ3) is 3.46. The van der Waals surface area contributed by atoms with Gasteiger partial charge in [-0.3, -0.25) is 4.68 Å². The molecular formula is C19H19ClN2S. The second-order valence-corrected chi connectivity index (χ2v) is 7.23. The van der Waals surface area contributed by atoms with Crippen molar-refractivity contribution in [2.24, 2.45) is 0 Å². The Hall–Kier alpha value is -1.71. The SMILES string of the molecule is Cc1nn(C(C)C)c(Sc2cccc(Cl)c2)c1-c1ccccc1. The van der Waals surface area contributed by atoms with Gasteiger partial charge >= 0.3 is 0 Å². The molecule has 118 valence electrons. The molecule has 0 atom stereocenters. The van der Waals surface area contributed by atoms with Gasteiger partial charge in [0.1, 0.15) is 5.03 Å². The van der Waals surface area contributed by atoms with Crippen LogP contribution in [0.3, 0.4) is 0 Å². The molecule has 0 N–H and O–H groups in total. The van der Waals surface area contributed by atoms with Crippen LogP contribution in [0.1, 0.15) is 25.6 Å². The maximum atomic E-state index is 6.14. The molecule has 0 spiro atoms. The van der Waals surface area contributed by atoms with Crippen molar-refractivity contribution < 1.29 is 0 Å². The van der Waals surface area contributed by atoms with E-state index in [0.29, 0.717) is 6.04 Å². The first-order chi connectivity index (χ1) is 11.1. The number of hydrogen-bond donors (Lipinski definition) is 0. The minimum atomic E-state index is 0.299. The quantitative estimate of drug-likeness (QED) is 0.558. The molecule has 0 aliphatic carbocycles. The second kappa shape index (κ2) is 6.81. The predicted molar refractivity (Wildman–Crippen MR) is 98.4 cm³/mol. The lowest BCUT2D eigenvalue weighted by atomic mass is 10.1. The Bertz CT molecular complexity index is 809. The average Bonchev–Trinajstić information content (AvgIpc) is 2.85. The van der Waals surface area contributed by atoms with Crippen molar-refractivity contribution in [1.29, 1.82) is 0 Å². The molecule has 0 radical (unpaired) electrons. The van der Waals surface area contributed by atoms with Crippen LogP contribution in [-0.2, 0) is 0 Å². The molecule has 3 rings (SSSR count). The van der Waals surface area contributed by atoms with Crippen molar-refractivity contribution in [3.05, 3.63) is 65.3 Å². The van der Waals surface area contributed by atoms with Gasteiger partial charge in [0.25, 0.3) is 0 Å².